The minimum atomic E-state index is -0.958. The van der Waals surface area contributed by atoms with Gasteiger partial charge in [0.25, 0.3) is 5.91 Å². The average molecular weight is 331 g/mol. The number of hydrogen-bond donors (Lipinski definition) is 1. The molecule has 24 heavy (non-hydrogen) atoms. The summed E-state index contributed by atoms with van der Waals surface area (Å²) in [7, 11) is 1.56. The van der Waals surface area contributed by atoms with Gasteiger partial charge < -0.3 is 14.8 Å². The van der Waals surface area contributed by atoms with Crippen molar-refractivity contribution in [3.05, 3.63) is 59.9 Å². The number of methoxy groups -OCH3 is 1. The van der Waals surface area contributed by atoms with Crippen LogP contribution in [0.5, 0.6) is 5.75 Å². The minimum absolute atomic E-state index is 0.0537. The summed E-state index contributed by atoms with van der Waals surface area (Å²) < 4.78 is 23.0. The van der Waals surface area contributed by atoms with Crippen molar-refractivity contribution in [3.63, 3.8) is 0 Å². The molecule has 0 bridgehead atoms. The van der Waals surface area contributed by atoms with E-state index in [1.54, 1.807) is 31.4 Å². The van der Waals surface area contributed by atoms with Crippen LogP contribution in [0.15, 0.2) is 48.5 Å². The van der Waals surface area contributed by atoms with E-state index in [9.17, 15) is 14.0 Å². The number of esters is 1. The summed E-state index contributed by atoms with van der Waals surface area (Å²) in [6.07, 6.45) is -0.904. The molecule has 1 atom stereocenters. The summed E-state index contributed by atoms with van der Waals surface area (Å²) in [5, 5.41) is 2.55. The van der Waals surface area contributed by atoms with Crippen LogP contribution in [-0.4, -0.2) is 25.1 Å². The molecule has 0 spiro atoms. The Morgan fingerprint density at radius 1 is 1.08 bits per heavy atom. The largest absolute Gasteiger partial charge is 0.497 e. The van der Waals surface area contributed by atoms with Gasteiger partial charge in [0, 0.05) is 5.69 Å². The van der Waals surface area contributed by atoms with Gasteiger partial charge >= 0.3 is 5.97 Å². The molecule has 0 aliphatic carbocycles. The number of carbonyl (C=O) groups excluding carboxylic acids is 2. The number of anilines is 1. The number of benzene rings is 2. The van der Waals surface area contributed by atoms with Crippen molar-refractivity contribution in [2.24, 2.45) is 0 Å². The number of nitrogens with one attached hydrogen (secondary N) is 1. The van der Waals surface area contributed by atoms with Gasteiger partial charge in [0.05, 0.1) is 13.5 Å². The van der Waals surface area contributed by atoms with Gasteiger partial charge in [0.15, 0.2) is 6.10 Å². The van der Waals surface area contributed by atoms with Crippen LogP contribution >= 0.6 is 0 Å². The van der Waals surface area contributed by atoms with E-state index >= 15 is 0 Å². The third-order valence-electron chi connectivity index (χ3n) is 3.30. The van der Waals surface area contributed by atoms with Crippen molar-refractivity contribution in [1.29, 1.82) is 0 Å². The third kappa shape index (κ3) is 5.08. The van der Waals surface area contributed by atoms with Gasteiger partial charge in [-0.2, -0.15) is 0 Å². The van der Waals surface area contributed by atoms with E-state index in [1.807, 2.05) is 0 Å². The number of rotatable bonds is 6. The standard InChI is InChI=1S/C18H18FNO4/c1-12(18(22)20-15-7-5-14(19)6-8-15)24-17(21)11-13-3-9-16(23-2)10-4-13/h3-10,12H,11H2,1-2H3,(H,20,22). The Kier molecular flexibility index (Phi) is 5.89. The van der Waals surface area contributed by atoms with E-state index in [0.717, 1.165) is 5.56 Å². The van der Waals surface area contributed by atoms with Gasteiger partial charge in [-0.25, -0.2) is 4.39 Å². The van der Waals surface area contributed by atoms with Gasteiger partial charge in [-0.3, -0.25) is 9.59 Å². The summed E-state index contributed by atoms with van der Waals surface area (Å²) in [5.41, 5.74) is 1.19. The maximum absolute atomic E-state index is 12.8. The molecular formula is C18H18FNO4. The smallest absolute Gasteiger partial charge is 0.311 e. The van der Waals surface area contributed by atoms with Crippen LogP contribution < -0.4 is 10.1 Å². The second-order valence-corrected chi connectivity index (χ2v) is 5.15. The highest BCUT2D eigenvalue weighted by atomic mass is 19.1. The molecule has 1 amide bonds. The molecule has 126 valence electrons. The first-order chi connectivity index (χ1) is 11.5. The Hall–Kier alpha value is -2.89. The molecule has 2 rings (SSSR count). The van der Waals surface area contributed by atoms with Crippen molar-refractivity contribution >= 4 is 17.6 Å². The zero-order valence-corrected chi connectivity index (χ0v) is 13.4. The van der Waals surface area contributed by atoms with E-state index < -0.39 is 23.8 Å². The Balaban J connectivity index is 1.85. The van der Waals surface area contributed by atoms with Crippen LogP contribution in [0.25, 0.3) is 0 Å². The molecule has 0 aliphatic rings. The lowest BCUT2D eigenvalue weighted by Gasteiger charge is -2.13. The lowest BCUT2D eigenvalue weighted by atomic mass is 10.1. The Morgan fingerprint density at radius 2 is 1.71 bits per heavy atom. The van der Waals surface area contributed by atoms with Crippen LogP contribution in [0.1, 0.15) is 12.5 Å². The van der Waals surface area contributed by atoms with Crippen molar-refractivity contribution in [1.82, 2.24) is 0 Å². The van der Waals surface area contributed by atoms with Crippen molar-refractivity contribution in [2.75, 3.05) is 12.4 Å². The molecule has 0 aliphatic heterocycles. The first-order valence-electron chi connectivity index (χ1n) is 7.37. The fourth-order valence-corrected chi connectivity index (χ4v) is 1.98. The molecule has 6 heteroatoms. The normalized spacial score (nSPS) is 11.5. The summed E-state index contributed by atoms with van der Waals surface area (Å²) in [4.78, 5) is 23.9. The second-order valence-electron chi connectivity index (χ2n) is 5.15. The van der Waals surface area contributed by atoms with Crippen molar-refractivity contribution < 1.29 is 23.5 Å². The molecule has 0 saturated carbocycles. The third-order valence-corrected chi connectivity index (χ3v) is 3.30. The lowest BCUT2D eigenvalue weighted by Crippen LogP contribution is -2.30. The van der Waals surface area contributed by atoms with Gasteiger partial charge in [0.2, 0.25) is 0 Å². The van der Waals surface area contributed by atoms with Gasteiger partial charge in [-0.1, -0.05) is 12.1 Å². The summed E-state index contributed by atoms with van der Waals surface area (Å²) in [6.45, 7) is 1.48. The number of amides is 1. The highest BCUT2D eigenvalue weighted by Crippen LogP contribution is 2.13. The molecule has 2 aromatic carbocycles. The molecule has 0 fully saturated rings. The maximum atomic E-state index is 12.8. The minimum Gasteiger partial charge on any atom is -0.497 e. The zero-order valence-electron chi connectivity index (χ0n) is 13.4. The monoisotopic (exact) mass is 331 g/mol. The predicted octanol–water partition coefficient (Wildman–Crippen LogP) is 2.95. The predicted molar refractivity (Wildman–Crippen MR) is 87.3 cm³/mol. The van der Waals surface area contributed by atoms with Gasteiger partial charge in [0.1, 0.15) is 11.6 Å². The molecule has 0 saturated heterocycles. The molecule has 0 aromatic heterocycles. The Bertz CT molecular complexity index is 698. The molecule has 2 aromatic rings. The first-order valence-corrected chi connectivity index (χ1v) is 7.37. The summed E-state index contributed by atoms with van der Waals surface area (Å²) in [5.74, 6) is -0.697. The maximum Gasteiger partial charge on any atom is 0.311 e. The summed E-state index contributed by atoms with van der Waals surface area (Å²) >= 11 is 0. The SMILES string of the molecule is COc1ccc(CC(=O)OC(C)C(=O)Nc2ccc(F)cc2)cc1. The Morgan fingerprint density at radius 3 is 2.29 bits per heavy atom. The van der Waals surface area contributed by atoms with Crippen LogP contribution in [0, 0.1) is 5.82 Å². The topological polar surface area (TPSA) is 64.6 Å². The average Bonchev–Trinajstić information content (AvgIpc) is 2.57. The Labute approximate surface area is 139 Å². The molecule has 5 nitrogen and oxygen atoms in total. The number of ether oxygens (including phenoxy) is 2. The van der Waals surface area contributed by atoms with Crippen LogP contribution in [0.3, 0.4) is 0 Å². The second kappa shape index (κ2) is 8.10. The fraction of sp³-hybridized carbons (Fsp3) is 0.222. The van der Waals surface area contributed by atoms with E-state index in [4.69, 9.17) is 9.47 Å². The summed E-state index contributed by atoms with van der Waals surface area (Å²) in [6, 6.07) is 12.3. The van der Waals surface area contributed by atoms with Crippen LogP contribution in [-0.2, 0) is 20.7 Å². The number of carbonyl (C=O) groups is 2. The van der Waals surface area contributed by atoms with Crippen molar-refractivity contribution in [3.8, 4) is 5.75 Å². The lowest BCUT2D eigenvalue weighted by molar-refractivity contribution is -0.152. The van der Waals surface area contributed by atoms with Gasteiger partial charge in [-0.15, -0.1) is 0 Å². The van der Waals surface area contributed by atoms with Gasteiger partial charge in [-0.05, 0) is 48.9 Å². The molecule has 1 N–H and O–H groups in total. The fourth-order valence-electron chi connectivity index (χ4n) is 1.98. The number of halogens is 1. The molecular weight excluding hydrogens is 313 g/mol. The zero-order chi connectivity index (χ0) is 17.5. The molecule has 1 unspecified atom stereocenters. The van der Waals surface area contributed by atoms with Crippen molar-refractivity contribution in [2.45, 2.75) is 19.4 Å². The molecule has 0 radical (unpaired) electrons. The van der Waals surface area contributed by atoms with E-state index in [-0.39, 0.29) is 6.42 Å². The van der Waals surface area contributed by atoms with Crippen LogP contribution in [0.4, 0.5) is 10.1 Å². The first kappa shape index (κ1) is 17.5. The van der Waals surface area contributed by atoms with E-state index in [1.165, 1.54) is 31.2 Å². The highest BCUT2D eigenvalue weighted by molar-refractivity contribution is 5.95. The van der Waals surface area contributed by atoms with E-state index in [0.29, 0.717) is 11.4 Å². The van der Waals surface area contributed by atoms with Crippen LogP contribution in [0.2, 0.25) is 0 Å². The highest BCUT2D eigenvalue weighted by Gasteiger charge is 2.18. The number of hydrogen-bond acceptors (Lipinski definition) is 4. The quantitative estimate of drug-likeness (QED) is 0.827. The van der Waals surface area contributed by atoms with E-state index in [2.05, 4.69) is 5.32 Å². The molecule has 0 heterocycles.